The lowest BCUT2D eigenvalue weighted by Crippen LogP contribution is -2.25. The number of hydrogen-bond acceptors (Lipinski definition) is 3. The Morgan fingerprint density at radius 1 is 1.07 bits per heavy atom. The van der Waals surface area contributed by atoms with E-state index in [1.165, 1.54) is 0 Å². The Balaban J connectivity index is 1.71. The summed E-state index contributed by atoms with van der Waals surface area (Å²) in [6, 6.07) is 20.8. The van der Waals surface area contributed by atoms with Gasteiger partial charge in [0.25, 0.3) is 5.91 Å². The van der Waals surface area contributed by atoms with E-state index in [4.69, 9.17) is 11.6 Å². The van der Waals surface area contributed by atoms with Crippen molar-refractivity contribution in [3.8, 4) is 16.9 Å². The van der Waals surface area contributed by atoms with Crippen molar-refractivity contribution in [2.24, 2.45) is 0 Å². The second-order valence-corrected chi connectivity index (χ2v) is 7.09. The van der Waals surface area contributed by atoms with Crippen LogP contribution in [-0.2, 0) is 6.54 Å². The average Bonchev–Trinajstić information content (AvgIpc) is 3.19. The molecule has 5 nitrogen and oxygen atoms in total. The highest BCUT2D eigenvalue weighted by Gasteiger charge is 2.18. The second-order valence-electron chi connectivity index (χ2n) is 6.69. The molecule has 0 aliphatic carbocycles. The fourth-order valence-electron chi connectivity index (χ4n) is 3.00. The van der Waals surface area contributed by atoms with Crippen LogP contribution in [0.2, 0.25) is 5.02 Å². The molecule has 0 aliphatic heterocycles. The van der Waals surface area contributed by atoms with Gasteiger partial charge in [-0.15, -0.1) is 0 Å². The molecule has 4 rings (SSSR count). The van der Waals surface area contributed by atoms with Gasteiger partial charge in [-0.25, -0.2) is 4.68 Å². The zero-order valence-electron chi connectivity index (χ0n) is 15.8. The normalized spacial score (nSPS) is 10.7. The van der Waals surface area contributed by atoms with E-state index in [-0.39, 0.29) is 5.91 Å². The molecule has 144 valence electrons. The predicted molar refractivity (Wildman–Crippen MR) is 114 cm³/mol. The van der Waals surface area contributed by atoms with Crippen LogP contribution in [0.1, 0.15) is 21.6 Å². The first-order valence-electron chi connectivity index (χ1n) is 9.21. The monoisotopic (exact) mass is 402 g/mol. The van der Waals surface area contributed by atoms with Crippen molar-refractivity contribution in [2.75, 3.05) is 0 Å². The highest BCUT2D eigenvalue weighted by molar-refractivity contribution is 6.33. The lowest BCUT2D eigenvalue weighted by atomic mass is 10.1. The lowest BCUT2D eigenvalue weighted by Gasteiger charge is -2.08. The SMILES string of the molecule is Cc1ccc(-n2nc(-c3ccccc3Cl)cc2C(=O)NCc2cccnc2)cc1. The van der Waals surface area contributed by atoms with Crippen molar-refractivity contribution >= 4 is 17.5 Å². The molecule has 2 aromatic heterocycles. The minimum atomic E-state index is -0.222. The van der Waals surface area contributed by atoms with E-state index in [0.29, 0.717) is 23.0 Å². The maximum atomic E-state index is 13.0. The van der Waals surface area contributed by atoms with Crippen LogP contribution in [0.5, 0.6) is 0 Å². The van der Waals surface area contributed by atoms with Gasteiger partial charge in [0.15, 0.2) is 0 Å². The standard InChI is InChI=1S/C23H19ClN4O/c1-16-8-10-18(11-9-16)28-22(23(29)26-15-17-5-4-12-25-14-17)13-21(27-28)19-6-2-3-7-20(19)24/h2-14H,15H2,1H3,(H,26,29). The Morgan fingerprint density at radius 2 is 1.86 bits per heavy atom. The third-order valence-electron chi connectivity index (χ3n) is 4.55. The maximum Gasteiger partial charge on any atom is 0.270 e. The van der Waals surface area contributed by atoms with E-state index in [9.17, 15) is 4.79 Å². The summed E-state index contributed by atoms with van der Waals surface area (Å²) in [6.07, 6.45) is 3.43. The lowest BCUT2D eigenvalue weighted by molar-refractivity contribution is 0.0943. The van der Waals surface area contributed by atoms with E-state index < -0.39 is 0 Å². The van der Waals surface area contributed by atoms with Gasteiger partial charge in [0, 0.05) is 24.5 Å². The number of nitrogens with one attached hydrogen (secondary N) is 1. The number of aromatic nitrogens is 3. The molecule has 0 aliphatic rings. The average molecular weight is 403 g/mol. The number of hydrogen-bond donors (Lipinski definition) is 1. The van der Waals surface area contributed by atoms with Crippen LogP contribution in [0.15, 0.2) is 79.1 Å². The Bertz CT molecular complexity index is 1140. The Kier molecular flexibility index (Phi) is 5.40. The quantitative estimate of drug-likeness (QED) is 0.520. The van der Waals surface area contributed by atoms with Crippen LogP contribution in [0.4, 0.5) is 0 Å². The molecule has 0 atom stereocenters. The van der Waals surface area contributed by atoms with Gasteiger partial charge in [-0.1, -0.05) is 53.6 Å². The van der Waals surface area contributed by atoms with Crippen molar-refractivity contribution in [1.82, 2.24) is 20.1 Å². The largest absolute Gasteiger partial charge is 0.347 e. The number of nitrogens with zero attached hydrogens (tertiary/aromatic N) is 3. The minimum Gasteiger partial charge on any atom is -0.347 e. The fourth-order valence-corrected chi connectivity index (χ4v) is 3.23. The number of halogens is 1. The van der Waals surface area contributed by atoms with Crippen LogP contribution >= 0.6 is 11.6 Å². The molecule has 0 saturated carbocycles. The molecular formula is C23H19ClN4O. The van der Waals surface area contributed by atoms with E-state index in [1.54, 1.807) is 23.1 Å². The van der Waals surface area contributed by atoms with Crippen molar-refractivity contribution in [2.45, 2.75) is 13.5 Å². The molecule has 6 heteroatoms. The topological polar surface area (TPSA) is 59.8 Å². The Hall–Kier alpha value is -3.44. The molecule has 4 aromatic rings. The van der Waals surface area contributed by atoms with Gasteiger partial charge in [0.05, 0.1) is 16.4 Å². The molecule has 0 fully saturated rings. The summed E-state index contributed by atoms with van der Waals surface area (Å²) in [6.45, 7) is 2.40. The summed E-state index contributed by atoms with van der Waals surface area (Å²) in [5, 5.41) is 8.21. The second kappa shape index (κ2) is 8.29. The zero-order chi connectivity index (χ0) is 20.2. The van der Waals surface area contributed by atoms with Gasteiger partial charge in [-0.05, 0) is 42.8 Å². The molecule has 1 N–H and O–H groups in total. The van der Waals surface area contributed by atoms with Crippen LogP contribution < -0.4 is 5.32 Å². The van der Waals surface area contributed by atoms with Crippen molar-refractivity contribution in [1.29, 1.82) is 0 Å². The molecule has 0 saturated heterocycles. The van der Waals surface area contributed by atoms with Crippen LogP contribution in [0.25, 0.3) is 16.9 Å². The van der Waals surface area contributed by atoms with Crippen LogP contribution in [-0.4, -0.2) is 20.7 Å². The third-order valence-corrected chi connectivity index (χ3v) is 4.88. The Morgan fingerprint density at radius 3 is 2.59 bits per heavy atom. The number of amides is 1. The van der Waals surface area contributed by atoms with Crippen LogP contribution in [0.3, 0.4) is 0 Å². The summed E-state index contributed by atoms with van der Waals surface area (Å²) in [4.78, 5) is 17.1. The number of pyridine rings is 1. The number of benzene rings is 2. The predicted octanol–water partition coefficient (Wildman–Crippen LogP) is 4.83. The van der Waals surface area contributed by atoms with Gasteiger partial charge in [-0.3, -0.25) is 9.78 Å². The number of carbonyl (C=O) groups is 1. The van der Waals surface area contributed by atoms with E-state index in [2.05, 4.69) is 15.4 Å². The molecule has 1 amide bonds. The minimum absolute atomic E-state index is 0.222. The van der Waals surface area contributed by atoms with Crippen molar-refractivity contribution in [3.05, 3.63) is 101 Å². The molecule has 0 bridgehead atoms. The summed E-state index contributed by atoms with van der Waals surface area (Å²) in [5.41, 5.74) is 4.72. The summed E-state index contributed by atoms with van der Waals surface area (Å²) in [5.74, 6) is -0.222. The molecular weight excluding hydrogens is 384 g/mol. The third kappa shape index (κ3) is 4.20. The first-order chi connectivity index (χ1) is 14.1. The summed E-state index contributed by atoms with van der Waals surface area (Å²) < 4.78 is 1.65. The van der Waals surface area contributed by atoms with Gasteiger partial charge >= 0.3 is 0 Å². The highest BCUT2D eigenvalue weighted by atomic mass is 35.5. The number of aryl methyl sites for hydroxylation is 1. The van der Waals surface area contributed by atoms with Gasteiger partial charge in [0.2, 0.25) is 0 Å². The molecule has 2 aromatic carbocycles. The number of rotatable bonds is 5. The molecule has 29 heavy (non-hydrogen) atoms. The Labute approximate surface area is 174 Å². The van der Waals surface area contributed by atoms with Gasteiger partial charge in [-0.2, -0.15) is 5.10 Å². The van der Waals surface area contributed by atoms with E-state index in [1.807, 2.05) is 67.6 Å². The maximum absolute atomic E-state index is 13.0. The van der Waals surface area contributed by atoms with E-state index in [0.717, 1.165) is 22.4 Å². The summed E-state index contributed by atoms with van der Waals surface area (Å²) in [7, 11) is 0. The van der Waals surface area contributed by atoms with Gasteiger partial charge < -0.3 is 5.32 Å². The molecule has 0 unspecified atom stereocenters. The van der Waals surface area contributed by atoms with Crippen LogP contribution in [0, 0.1) is 6.92 Å². The van der Waals surface area contributed by atoms with Gasteiger partial charge in [0.1, 0.15) is 5.69 Å². The molecule has 2 heterocycles. The van der Waals surface area contributed by atoms with E-state index >= 15 is 0 Å². The van der Waals surface area contributed by atoms with Crippen molar-refractivity contribution < 1.29 is 4.79 Å². The first-order valence-corrected chi connectivity index (χ1v) is 9.59. The highest BCUT2D eigenvalue weighted by Crippen LogP contribution is 2.28. The number of carbonyl (C=O) groups excluding carboxylic acids is 1. The summed E-state index contributed by atoms with van der Waals surface area (Å²) >= 11 is 6.35. The van der Waals surface area contributed by atoms with Crippen molar-refractivity contribution in [3.63, 3.8) is 0 Å². The molecule has 0 spiro atoms. The molecule has 0 radical (unpaired) electrons. The smallest absolute Gasteiger partial charge is 0.270 e. The fraction of sp³-hybridized carbons (Fsp3) is 0.0870. The zero-order valence-corrected chi connectivity index (χ0v) is 16.6. The first kappa shape index (κ1) is 18.9.